The van der Waals surface area contributed by atoms with E-state index in [0.29, 0.717) is 46.0 Å². The lowest BCUT2D eigenvalue weighted by Gasteiger charge is -2.34. The summed E-state index contributed by atoms with van der Waals surface area (Å²) in [5.74, 6) is -1.18. The second-order valence-corrected chi connectivity index (χ2v) is 15.1. The number of furan rings is 1. The first kappa shape index (κ1) is 31.2. The molecule has 1 aliphatic heterocycles. The van der Waals surface area contributed by atoms with E-state index < -0.39 is 43.8 Å². The van der Waals surface area contributed by atoms with Crippen molar-refractivity contribution in [1.29, 1.82) is 0 Å². The maximum Gasteiger partial charge on any atom is 0.258 e. The predicted octanol–water partition coefficient (Wildman–Crippen LogP) is 5.03. The Balaban J connectivity index is 1.48. The maximum atomic E-state index is 14.4. The molecule has 45 heavy (non-hydrogen) atoms. The number of aliphatic hydroxyl groups is 1. The molecule has 1 aliphatic rings. The molecule has 1 fully saturated rings. The zero-order valence-electron chi connectivity index (χ0n) is 24.7. The topological polar surface area (TPSA) is 136 Å². The zero-order valence-corrected chi connectivity index (χ0v) is 26.3. The first-order valence-corrected chi connectivity index (χ1v) is 17.5. The smallest absolute Gasteiger partial charge is 0.258 e. The molecule has 0 aliphatic carbocycles. The van der Waals surface area contributed by atoms with Crippen LogP contribution in [0, 0.1) is 11.6 Å². The quantitative estimate of drug-likeness (QED) is 0.199. The Hall–Kier alpha value is -3.82. The highest BCUT2D eigenvalue weighted by Crippen LogP contribution is 2.43. The first-order valence-electron chi connectivity index (χ1n) is 14.2. The van der Waals surface area contributed by atoms with Gasteiger partial charge in [-0.25, -0.2) is 25.6 Å². The molecule has 0 spiro atoms. The van der Waals surface area contributed by atoms with Gasteiger partial charge in [0.15, 0.2) is 0 Å². The number of anilines is 1. The minimum absolute atomic E-state index is 0.0306. The van der Waals surface area contributed by atoms with E-state index in [1.807, 2.05) is 0 Å². The van der Waals surface area contributed by atoms with Crippen molar-refractivity contribution in [2.45, 2.75) is 30.0 Å². The van der Waals surface area contributed by atoms with Crippen LogP contribution in [0.5, 0.6) is 0 Å². The van der Waals surface area contributed by atoms with Gasteiger partial charge in [0.25, 0.3) is 10.0 Å². The number of halogens is 2. The molecular formula is C31H32F2N4O6S2. The summed E-state index contributed by atoms with van der Waals surface area (Å²) in [5, 5.41) is 14.6. The Morgan fingerprint density at radius 2 is 1.82 bits per heavy atom. The van der Waals surface area contributed by atoms with Gasteiger partial charge in [0.05, 0.1) is 17.5 Å². The second-order valence-electron chi connectivity index (χ2n) is 11.2. The van der Waals surface area contributed by atoms with Gasteiger partial charge < -0.3 is 14.5 Å². The summed E-state index contributed by atoms with van der Waals surface area (Å²) in [6, 6.07) is 14.7. The van der Waals surface area contributed by atoms with Gasteiger partial charge in [-0.05, 0) is 73.8 Å². The van der Waals surface area contributed by atoms with Gasteiger partial charge in [0, 0.05) is 48.1 Å². The van der Waals surface area contributed by atoms with Crippen molar-refractivity contribution >= 4 is 47.6 Å². The van der Waals surface area contributed by atoms with Crippen molar-refractivity contribution < 1.29 is 35.1 Å². The van der Waals surface area contributed by atoms with Crippen LogP contribution in [0.4, 0.5) is 14.5 Å². The number of nitrogens with one attached hydrogen (secondary N) is 2. The molecule has 3 aromatic carbocycles. The number of fused-ring (bicyclic) bond motifs is 2. The zero-order chi connectivity index (χ0) is 32.3. The van der Waals surface area contributed by atoms with E-state index in [-0.39, 0.29) is 35.0 Å². The van der Waals surface area contributed by atoms with Gasteiger partial charge in [-0.3, -0.25) is 9.62 Å². The number of aromatic nitrogens is 1. The number of benzene rings is 3. The SMILES string of the molecule is CNC(O)c1c(-c2ccc(F)cc2)oc2cc(N(C)S(C)(=O)=O)c(C3CCCN(S(=O)(=O)c4cc5cccc(F)c5[nH]4)C3)cc12. The van der Waals surface area contributed by atoms with E-state index in [4.69, 9.17) is 4.42 Å². The van der Waals surface area contributed by atoms with E-state index in [9.17, 15) is 30.7 Å². The summed E-state index contributed by atoms with van der Waals surface area (Å²) >= 11 is 0. The normalized spacial score (nSPS) is 17.2. The highest BCUT2D eigenvalue weighted by molar-refractivity contribution is 7.92. The van der Waals surface area contributed by atoms with Crippen LogP contribution in [0.15, 0.2) is 70.1 Å². The standard InChI is InChI=1S/C31H32F2N4O6S2/c1-34-31(38)28-23-15-22(25(36(2)44(3,39)40)16-26(23)43-30(28)18-9-11-21(32)12-10-18)20-7-5-13-37(17-20)45(41,42)27-14-19-6-4-8-24(33)29(19)35-27/h4,6,8-12,14-16,20,31,34-35,38H,5,7,13,17H2,1-3H3. The van der Waals surface area contributed by atoms with E-state index in [0.717, 1.165) is 10.6 Å². The minimum atomic E-state index is -4.07. The largest absolute Gasteiger partial charge is 0.456 e. The fourth-order valence-corrected chi connectivity index (χ4v) is 8.01. The van der Waals surface area contributed by atoms with Crippen molar-refractivity contribution in [2.24, 2.45) is 0 Å². The van der Waals surface area contributed by atoms with Crippen LogP contribution in [-0.2, 0) is 20.0 Å². The highest BCUT2D eigenvalue weighted by Gasteiger charge is 2.35. The summed E-state index contributed by atoms with van der Waals surface area (Å²) in [6.07, 6.45) is 0.909. The average Bonchev–Trinajstić information content (AvgIpc) is 3.63. The molecule has 1 saturated heterocycles. The molecule has 2 aromatic heterocycles. The lowest BCUT2D eigenvalue weighted by Crippen LogP contribution is -2.39. The minimum Gasteiger partial charge on any atom is -0.456 e. The third-order valence-electron chi connectivity index (χ3n) is 8.39. The number of hydrogen-bond acceptors (Lipinski definition) is 7. The van der Waals surface area contributed by atoms with Gasteiger partial charge in [-0.15, -0.1) is 0 Å². The van der Waals surface area contributed by atoms with Crippen LogP contribution in [-0.4, -0.2) is 64.7 Å². The maximum absolute atomic E-state index is 14.4. The Bertz CT molecular complexity index is 2130. The van der Waals surface area contributed by atoms with Crippen molar-refractivity contribution in [3.05, 3.63) is 83.4 Å². The van der Waals surface area contributed by atoms with Gasteiger partial charge in [0.2, 0.25) is 10.0 Å². The number of nitrogens with zero attached hydrogens (tertiary/aromatic N) is 2. The number of rotatable bonds is 8. The number of hydrogen-bond donors (Lipinski definition) is 3. The van der Waals surface area contributed by atoms with Gasteiger partial charge in [-0.1, -0.05) is 12.1 Å². The van der Waals surface area contributed by atoms with Crippen LogP contribution < -0.4 is 9.62 Å². The van der Waals surface area contributed by atoms with Gasteiger partial charge in [-0.2, -0.15) is 4.31 Å². The molecule has 0 radical (unpaired) electrons. The first-order chi connectivity index (χ1) is 21.3. The fourth-order valence-electron chi connectivity index (χ4n) is 5.96. The third kappa shape index (κ3) is 5.61. The van der Waals surface area contributed by atoms with Crippen LogP contribution in [0.3, 0.4) is 0 Å². The molecule has 3 N–H and O–H groups in total. The molecule has 0 saturated carbocycles. The molecule has 14 heteroatoms. The van der Waals surface area contributed by atoms with E-state index in [1.54, 1.807) is 25.2 Å². The number of sulfonamides is 2. The number of para-hydroxylation sites is 1. The lowest BCUT2D eigenvalue weighted by molar-refractivity contribution is 0.150. The molecule has 3 heterocycles. The lowest BCUT2D eigenvalue weighted by atomic mass is 9.89. The summed E-state index contributed by atoms with van der Waals surface area (Å²) in [7, 11) is -4.86. The summed E-state index contributed by atoms with van der Waals surface area (Å²) in [5.41, 5.74) is 2.10. The molecule has 10 nitrogen and oxygen atoms in total. The predicted molar refractivity (Wildman–Crippen MR) is 168 cm³/mol. The van der Waals surface area contributed by atoms with Crippen molar-refractivity contribution in [3.63, 3.8) is 0 Å². The summed E-state index contributed by atoms with van der Waals surface area (Å²) in [6.45, 7) is 0.253. The fraction of sp³-hybridized carbons (Fsp3) is 0.290. The van der Waals surface area contributed by atoms with Gasteiger partial charge in [0.1, 0.15) is 34.2 Å². The van der Waals surface area contributed by atoms with Crippen LogP contribution in [0.25, 0.3) is 33.2 Å². The Morgan fingerprint density at radius 3 is 2.49 bits per heavy atom. The Labute approximate surface area is 259 Å². The summed E-state index contributed by atoms with van der Waals surface area (Å²) in [4.78, 5) is 2.72. The van der Waals surface area contributed by atoms with E-state index >= 15 is 0 Å². The van der Waals surface area contributed by atoms with Gasteiger partial charge >= 0.3 is 0 Å². The molecule has 2 unspecified atom stereocenters. The molecule has 2 atom stereocenters. The van der Waals surface area contributed by atoms with Crippen molar-refractivity contribution in [1.82, 2.24) is 14.6 Å². The number of H-pyrrole nitrogens is 1. The van der Waals surface area contributed by atoms with Crippen LogP contribution >= 0.6 is 0 Å². The number of aromatic amines is 1. The Morgan fingerprint density at radius 1 is 1.09 bits per heavy atom. The molecule has 0 bridgehead atoms. The average molecular weight is 659 g/mol. The van der Waals surface area contributed by atoms with Crippen molar-refractivity contribution in [3.8, 4) is 11.3 Å². The number of piperidine rings is 1. The monoisotopic (exact) mass is 658 g/mol. The molecular weight excluding hydrogens is 626 g/mol. The highest BCUT2D eigenvalue weighted by atomic mass is 32.2. The third-order valence-corrected chi connectivity index (χ3v) is 11.4. The van der Waals surface area contributed by atoms with E-state index in [2.05, 4.69) is 10.3 Å². The van der Waals surface area contributed by atoms with E-state index in [1.165, 1.54) is 53.8 Å². The van der Waals surface area contributed by atoms with Crippen LogP contribution in [0.2, 0.25) is 0 Å². The number of aliphatic hydroxyl groups excluding tert-OH is 1. The second kappa shape index (κ2) is 11.5. The molecule has 5 aromatic rings. The van der Waals surface area contributed by atoms with Crippen LogP contribution in [0.1, 0.15) is 36.1 Å². The molecule has 238 valence electrons. The molecule has 0 amide bonds. The Kier molecular flexibility index (Phi) is 7.98. The summed E-state index contributed by atoms with van der Waals surface area (Å²) < 4.78 is 89.8. The van der Waals surface area contributed by atoms with Crippen molar-refractivity contribution in [2.75, 3.05) is 37.7 Å². The molecule has 6 rings (SSSR count).